The number of ether oxygens (including phenoxy) is 1. The number of nitrogens with one attached hydrogen (secondary N) is 2. The van der Waals surface area contributed by atoms with Crippen LogP contribution in [0, 0.1) is 6.92 Å². The van der Waals surface area contributed by atoms with E-state index in [0.717, 1.165) is 16.9 Å². The molecule has 7 heteroatoms. The maximum Gasteiger partial charge on any atom is 0.239 e. The lowest BCUT2D eigenvalue weighted by atomic mass is 10.1. The Kier molecular flexibility index (Phi) is 9.16. The third kappa shape index (κ3) is 6.97. The van der Waals surface area contributed by atoms with E-state index in [9.17, 15) is 9.59 Å². The topological polar surface area (TPSA) is 93.5 Å². The summed E-state index contributed by atoms with van der Waals surface area (Å²) < 4.78 is 5.24. The summed E-state index contributed by atoms with van der Waals surface area (Å²) in [6, 6.07) is 5.94. The zero-order valence-corrected chi connectivity index (χ0v) is 13.1. The lowest BCUT2D eigenvalue weighted by Gasteiger charge is -2.09. The molecule has 0 radical (unpaired) electrons. The summed E-state index contributed by atoms with van der Waals surface area (Å²) in [6.07, 6.45) is 0.702. The number of methoxy groups -OCH3 is 1. The van der Waals surface area contributed by atoms with Crippen LogP contribution < -0.4 is 21.1 Å². The predicted octanol–water partition coefficient (Wildman–Crippen LogP) is 0.159. The van der Waals surface area contributed by atoms with Crippen LogP contribution >= 0.6 is 12.4 Å². The monoisotopic (exact) mass is 315 g/mol. The highest BCUT2D eigenvalue weighted by atomic mass is 35.5. The molecule has 0 aromatic heterocycles. The van der Waals surface area contributed by atoms with Crippen molar-refractivity contribution in [2.45, 2.75) is 13.3 Å². The third-order valence-electron chi connectivity index (χ3n) is 2.84. The molecule has 0 saturated heterocycles. The average molecular weight is 316 g/mol. The highest BCUT2D eigenvalue weighted by molar-refractivity contribution is 5.85. The Hall–Kier alpha value is -1.79. The van der Waals surface area contributed by atoms with E-state index in [0.29, 0.717) is 13.0 Å². The van der Waals surface area contributed by atoms with E-state index in [1.54, 1.807) is 7.11 Å². The molecule has 0 aliphatic rings. The molecule has 6 nitrogen and oxygen atoms in total. The Morgan fingerprint density at radius 3 is 2.57 bits per heavy atom. The summed E-state index contributed by atoms with van der Waals surface area (Å²) in [4.78, 5) is 22.3. The van der Waals surface area contributed by atoms with Gasteiger partial charge >= 0.3 is 0 Å². The Labute approximate surface area is 130 Å². The molecule has 0 spiro atoms. The van der Waals surface area contributed by atoms with E-state index < -0.39 is 0 Å². The fourth-order valence-corrected chi connectivity index (χ4v) is 1.68. The summed E-state index contributed by atoms with van der Waals surface area (Å²) in [6.45, 7) is 2.32. The summed E-state index contributed by atoms with van der Waals surface area (Å²) in [7, 11) is 1.63. The lowest BCUT2D eigenvalue weighted by Crippen LogP contribution is -2.40. The lowest BCUT2D eigenvalue weighted by molar-refractivity contribution is -0.125. The van der Waals surface area contributed by atoms with Gasteiger partial charge in [0.1, 0.15) is 5.75 Å². The van der Waals surface area contributed by atoms with Gasteiger partial charge in [0.15, 0.2) is 0 Å². The number of carbonyl (C=O) groups is 2. The Morgan fingerprint density at radius 1 is 1.24 bits per heavy atom. The van der Waals surface area contributed by atoms with E-state index in [1.165, 1.54) is 0 Å². The fraction of sp³-hybridized carbons (Fsp3) is 0.429. The molecule has 0 atom stereocenters. The molecule has 118 valence electrons. The van der Waals surface area contributed by atoms with Crippen LogP contribution in [0.1, 0.15) is 11.1 Å². The fourth-order valence-electron chi connectivity index (χ4n) is 1.68. The van der Waals surface area contributed by atoms with Crippen molar-refractivity contribution in [2.75, 3.05) is 26.7 Å². The van der Waals surface area contributed by atoms with Crippen molar-refractivity contribution < 1.29 is 14.3 Å². The first kappa shape index (κ1) is 19.2. The Bertz CT molecular complexity index is 481. The highest BCUT2D eigenvalue weighted by Crippen LogP contribution is 2.18. The maximum absolute atomic E-state index is 11.4. The molecule has 0 fully saturated rings. The molecule has 4 N–H and O–H groups in total. The van der Waals surface area contributed by atoms with Crippen LogP contribution in [-0.4, -0.2) is 38.6 Å². The average Bonchev–Trinajstić information content (AvgIpc) is 2.46. The minimum atomic E-state index is -0.344. The van der Waals surface area contributed by atoms with Gasteiger partial charge in [-0.1, -0.05) is 12.1 Å². The molecule has 0 saturated carbocycles. The zero-order chi connectivity index (χ0) is 15.0. The first-order chi connectivity index (χ1) is 9.56. The van der Waals surface area contributed by atoms with Gasteiger partial charge in [-0.15, -0.1) is 12.4 Å². The number of hydrogen-bond acceptors (Lipinski definition) is 4. The summed E-state index contributed by atoms with van der Waals surface area (Å²) >= 11 is 0. The Balaban J connectivity index is 0.00000400. The van der Waals surface area contributed by atoms with Crippen LogP contribution in [0.3, 0.4) is 0 Å². The minimum absolute atomic E-state index is 0. The number of rotatable bonds is 7. The quantitative estimate of drug-likeness (QED) is 0.668. The number of aryl methyl sites for hydroxylation is 1. The van der Waals surface area contributed by atoms with Crippen molar-refractivity contribution in [3.63, 3.8) is 0 Å². The van der Waals surface area contributed by atoms with Crippen molar-refractivity contribution in [3.05, 3.63) is 29.3 Å². The van der Waals surface area contributed by atoms with Crippen molar-refractivity contribution in [1.82, 2.24) is 10.6 Å². The van der Waals surface area contributed by atoms with Crippen molar-refractivity contribution >= 4 is 24.2 Å². The van der Waals surface area contributed by atoms with E-state index in [1.807, 2.05) is 25.1 Å². The van der Waals surface area contributed by atoms with Gasteiger partial charge < -0.3 is 21.1 Å². The van der Waals surface area contributed by atoms with Crippen LogP contribution in [0.15, 0.2) is 18.2 Å². The molecular formula is C14H22ClN3O3. The Morgan fingerprint density at radius 2 is 1.95 bits per heavy atom. The highest BCUT2D eigenvalue weighted by Gasteiger charge is 2.04. The normalized spacial score (nSPS) is 9.48. The van der Waals surface area contributed by atoms with Gasteiger partial charge in [0.2, 0.25) is 11.8 Å². The van der Waals surface area contributed by atoms with Gasteiger partial charge in [0.05, 0.1) is 20.2 Å². The second kappa shape index (κ2) is 10.0. The van der Waals surface area contributed by atoms with E-state index in [-0.39, 0.29) is 37.3 Å². The number of carbonyl (C=O) groups excluding carboxylic acids is 2. The largest absolute Gasteiger partial charge is 0.496 e. The SMILES string of the molecule is COc1cc(CCNC(=O)CNC(=O)CN)ccc1C.Cl. The standard InChI is InChI=1S/C14H21N3O3.ClH/c1-10-3-4-11(7-12(10)20-2)5-6-16-14(19)9-17-13(18)8-15;/h3-4,7H,5-6,8-9,15H2,1-2H3,(H,16,19)(H,17,18);1H. The molecule has 0 aliphatic heterocycles. The van der Waals surface area contributed by atoms with Crippen molar-refractivity contribution in [1.29, 1.82) is 0 Å². The minimum Gasteiger partial charge on any atom is -0.496 e. The summed E-state index contributed by atoms with van der Waals surface area (Å²) in [5.74, 6) is 0.262. The second-order valence-corrected chi connectivity index (χ2v) is 4.38. The van der Waals surface area contributed by atoms with Crippen molar-refractivity contribution in [3.8, 4) is 5.75 Å². The molecule has 1 aromatic carbocycles. The predicted molar refractivity (Wildman–Crippen MR) is 83.8 cm³/mol. The molecule has 1 rings (SSSR count). The number of nitrogens with two attached hydrogens (primary N) is 1. The van der Waals surface area contributed by atoms with Gasteiger partial charge in [0.25, 0.3) is 0 Å². The number of hydrogen-bond donors (Lipinski definition) is 3. The van der Waals surface area contributed by atoms with E-state index >= 15 is 0 Å². The van der Waals surface area contributed by atoms with Crippen molar-refractivity contribution in [2.24, 2.45) is 5.73 Å². The van der Waals surface area contributed by atoms with Crippen LogP contribution in [0.25, 0.3) is 0 Å². The number of amides is 2. The molecule has 0 heterocycles. The first-order valence-electron chi connectivity index (χ1n) is 6.43. The molecule has 2 amide bonds. The summed E-state index contributed by atoms with van der Waals surface area (Å²) in [5.41, 5.74) is 7.27. The van der Waals surface area contributed by atoms with Gasteiger partial charge in [-0.2, -0.15) is 0 Å². The zero-order valence-electron chi connectivity index (χ0n) is 12.3. The third-order valence-corrected chi connectivity index (χ3v) is 2.84. The van der Waals surface area contributed by atoms with Gasteiger partial charge in [-0.05, 0) is 30.5 Å². The molecule has 0 aliphatic carbocycles. The second-order valence-electron chi connectivity index (χ2n) is 4.38. The van der Waals surface area contributed by atoms with Crippen LogP contribution in [0.5, 0.6) is 5.75 Å². The van der Waals surface area contributed by atoms with Gasteiger partial charge in [-0.3, -0.25) is 9.59 Å². The van der Waals surface area contributed by atoms with E-state index in [2.05, 4.69) is 10.6 Å². The van der Waals surface area contributed by atoms with Crippen LogP contribution in [0.2, 0.25) is 0 Å². The number of benzene rings is 1. The summed E-state index contributed by atoms with van der Waals surface area (Å²) in [5, 5.41) is 5.14. The molecule has 21 heavy (non-hydrogen) atoms. The molecular weight excluding hydrogens is 294 g/mol. The molecule has 1 aromatic rings. The first-order valence-corrected chi connectivity index (χ1v) is 6.43. The number of halogens is 1. The van der Waals surface area contributed by atoms with Crippen LogP contribution in [0.4, 0.5) is 0 Å². The van der Waals surface area contributed by atoms with E-state index in [4.69, 9.17) is 10.5 Å². The van der Waals surface area contributed by atoms with Gasteiger partial charge in [0, 0.05) is 6.54 Å². The van der Waals surface area contributed by atoms with Crippen LogP contribution in [-0.2, 0) is 16.0 Å². The maximum atomic E-state index is 11.4. The molecule has 0 unspecified atom stereocenters. The smallest absolute Gasteiger partial charge is 0.239 e. The molecule has 0 bridgehead atoms. The van der Waals surface area contributed by atoms with Gasteiger partial charge in [-0.25, -0.2) is 0 Å².